The average Bonchev–Trinajstić information content (AvgIpc) is 3.04. The molecular formula is C17H24N2O3. The van der Waals surface area contributed by atoms with Gasteiger partial charge in [0.05, 0.1) is 12.1 Å². The molecular weight excluding hydrogens is 280 g/mol. The SMILES string of the molecule is CC(=O)N(CC(=O)NCC1CCCO1)C(C)c1ccccc1. The van der Waals surface area contributed by atoms with Crippen molar-refractivity contribution in [1.82, 2.24) is 10.2 Å². The number of rotatable bonds is 6. The van der Waals surface area contributed by atoms with Gasteiger partial charge in [0.1, 0.15) is 6.54 Å². The first kappa shape index (κ1) is 16.5. The van der Waals surface area contributed by atoms with E-state index in [0.717, 1.165) is 25.0 Å². The molecule has 0 radical (unpaired) electrons. The number of nitrogens with one attached hydrogen (secondary N) is 1. The van der Waals surface area contributed by atoms with Crippen LogP contribution in [0.25, 0.3) is 0 Å². The largest absolute Gasteiger partial charge is 0.376 e. The Bertz CT molecular complexity index is 498. The summed E-state index contributed by atoms with van der Waals surface area (Å²) in [5, 5.41) is 2.86. The van der Waals surface area contributed by atoms with Crippen molar-refractivity contribution in [2.75, 3.05) is 19.7 Å². The molecule has 0 bridgehead atoms. The Morgan fingerprint density at radius 2 is 2.09 bits per heavy atom. The highest BCUT2D eigenvalue weighted by Gasteiger charge is 2.22. The molecule has 1 heterocycles. The van der Waals surface area contributed by atoms with Crippen LogP contribution >= 0.6 is 0 Å². The van der Waals surface area contributed by atoms with Gasteiger partial charge in [-0.15, -0.1) is 0 Å². The molecule has 1 aliphatic rings. The second-order valence-corrected chi connectivity index (χ2v) is 5.67. The van der Waals surface area contributed by atoms with Crippen molar-refractivity contribution in [2.45, 2.75) is 38.8 Å². The lowest BCUT2D eigenvalue weighted by Gasteiger charge is -2.28. The first-order valence-electron chi connectivity index (χ1n) is 7.78. The van der Waals surface area contributed by atoms with E-state index in [2.05, 4.69) is 5.32 Å². The third-order valence-corrected chi connectivity index (χ3v) is 4.02. The molecule has 1 N–H and O–H groups in total. The molecule has 2 amide bonds. The van der Waals surface area contributed by atoms with Crippen molar-refractivity contribution in [3.05, 3.63) is 35.9 Å². The van der Waals surface area contributed by atoms with Crippen molar-refractivity contribution < 1.29 is 14.3 Å². The number of carbonyl (C=O) groups excluding carboxylic acids is 2. The van der Waals surface area contributed by atoms with Crippen molar-refractivity contribution in [3.63, 3.8) is 0 Å². The van der Waals surface area contributed by atoms with E-state index in [-0.39, 0.29) is 30.5 Å². The van der Waals surface area contributed by atoms with Crippen LogP contribution in [-0.2, 0) is 14.3 Å². The van der Waals surface area contributed by atoms with Crippen LogP contribution in [0.1, 0.15) is 38.3 Å². The van der Waals surface area contributed by atoms with E-state index in [9.17, 15) is 9.59 Å². The standard InChI is InChI=1S/C17H24N2O3/c1-13(15-7-4-3-5-8-15)19(14(2)20)12-17(21)18-11-16-9-6-10-22-16/h3-5,7-8,13,16H,6,9-12H2,1-2H3,(H,18,21). The van der Waals surface area contributed by atoms with Crippen LogP contribution < -0.4 is 5.32 Å². The minimum atomic E-state index is -0.145. The topological polar surface area (TPSA) is 58.6 Å². The maximum atomic E-state index is 12.1. The number of carbonyl (C=O) groups is 2. The molecule has 2 atom stereocenters. The van der Waals surface area contributed by atoms with Gasteiger partial charge in [-0.2, -0.15) is 0 Å². The molecule has 5 nitrogen and oxygen atoms in total. The summed E-state index contributed by atoms with van der Waals surface area (Å²) in [5.41, 5.74) is 1.02. The van der Waals surface area contributed by atoms with Gasteiger partial charge >= 0.3 is 0 Å². The van der Waals surface area contributed by atoms with Gasteiger partial charge in [0.2, 0.25) is 11.8 Å². The fourth-order valence-electron chi connectivity index (χ4n) is 2.68. The minimum absolute atomic E-state index is 0.0676. The van der Waals surface area contributed by atoms with Crippen LogP contribution in [0.4, 0.5) is 0 Å². The van der Waals surface area contributed by atoms with Crippen molar-refractivity contribution in [2.24, 2.45) is 0 Å². The van der Waals surface area contributed by atoms with Crippen LogP contribution in [0.2, 0.25) is 0 Å². The highest BCUT2D eigenvalue weighted by atomic mass is 16.5. The summed E-state index contributed by atoms with van der Waals surface area (Å²) in [6, 6.07) is 9.59. The molecule has 1 aliphatic heterocycles. The van der Waals surface area contributed by atoms with E-state index in [1.807, 2.05) is 37.3 Å². The molecule has 120 valence electrons. The Morgan fingerprint density at radius 3 is 2.68 bits per heavy atom. The molecule has 5 heteroatoms. The molecule has 22 heavy (non-hydrogen) atoms. The fraction of sp³-hybridized carbons (Fsp3) is 0.529. The van der Waals surface area contributed by atoms with Gasteiger partial charge in [-0.25, -0.2) is 0 Å². The Labute approximate surface area is 131 Å². The summed E-state index contributed by atoms with van der Waals surface area (Å²) >= 11 is 0. The minimum Gasteiger partial charge on any atom is -0.376 e. The Balaban J connectivity index is 1.90. The average molecular weight is 304 g/mol. The number of hydrogen-bond donors (Lipinski definition) is 1. The Morgan fingerprint density at radius 1 is 1.36 bits per heavy atom. The summed E-state index contributed by atoms with van der Waals surface area (Å²) in [7, 11) is 0. The zero-order chi connectivity index (χ0) is 15.9. The molecule has 0 saturated carbocycles. The third kappa shape index (κ3) is 4.56. The molecule has 0 aliphatic carbocycles. The van der Waals surface area contributed by atoms with Crippen LogP contribution in [-0.4, -0.2) is 42.5 Å². The normalized spacial score (nSPS) is 18.7. The smallest absolute Gasteiger partial charge is 0.239 e. The van der Waals surface area contributed by atoms with Gasteiger partial charge < -0.3 is 15.0 Å². The first-order chi connectivity index (χ1) is 10.6. The molecule has 0 aromatic heterocycles. The number of hydrogen-bond acceptors (Lipinski definition) is 3. The van der Waals surface area contributed by atoms with Crippen molar-refractivity contribution >= 4 is 11.8 Å². The first-order valence-corrected chi connectivity index (χ1v) is 7.78. The van der Waals surface area contributed by atoms with E-state index < -0.39 is 0 Å². The number of nitrogens with zero attached hydrogens (tertiary/aromatic N) is 1. The maximum absolute atomic E-state index is 12.1. The predicted octanol–water partition coefficient (Wildman–Crippen LogP) is 1.89. The summed E-state index contributed by atoms with van der Waals surface area (Å²) in [4.78, 5) is 25.5. The zero-order valence-electron chi connectivity index (χ0n) is 13.2. The van der Waals surface area contributed by atoms with Gasteiger partial charge in [0, 0.05) is 20.1 Å². The molecule has 1 fully saturated rings. The lowest BCUT2D eigenvalue weighted by molar-refractivity contribution is -0.136. The number of amides is 2. The van der Waals surface area contributed by atoms with Gasteiger partial charge in [0.25, 0.3) is 0 Å². The lowest BCUT2D eigenvalue weighted by atomic mass is 10.1. The fourth-order valence-corrected chi connectivity index (χ4v) is 2.68. The summed E-state index contributed by atoms with van der Waals surface area (Å²) < 4.78 is 5.48. The molecule has 1 aromatic carbocycles. The van der Waals surface area contributed by atoms with Crippen molar-refractivity contribution in [3.8, 4) is 0 Å². The Hall–Kier alpha value is -1.88. The third-order valence-electron chi connectivity index (χ3n) is 4.02. The van der Waals surface area contributed by atoms with E-state index in [1.54, 1.807) is 4.90 Å². The lowest BCUT2D eigenvalue weighted by Crippen LogP contribution is -2.42. The van der Waals surface area contributed by atoms with E-state index in [0.29, 0.717) is 6.54 Å². The molecule has 1 saturated heterocycles. The summed E-state index contributed by atoms with van der Waals surface area (Å²) in [5.74, 6) is -0.253. The van der Waals surface area contributed by atoms with Crippen molar-refractivity contribution in [1.29, 1.82) is 0 Å². The van der Waals surface area contributed by atoms with Gasteiger partial charge in [-0.05, 0) is 25.3 Å². The van der Waals surface area contributed by atoms with E-state index in [4.69, 9.17) is 4.74 Å². The number of ether oxygens (including phenoxy) is 1. The maximum Gasteiger partial charge on any atom is 0.239 e. The van der Waals surface area contributed by atoms with E-state index in [1.165, 1.54) is 6.92 Å². The number of benzene rings is 1. The monoisotopic (exact) mass is 304 g/mol. The second-order valence-electron chi connectivity index (χ2n) is 5.67. The van der Waals surface area contributed by atoms with Gasteiger partial charge in [0.15, 0.2) is 0 Å². The summed E-state index contributed by atoms with van der Waals surface area (Å²) in [6.45, 7) is 4.78. The van der Waals surface area contributed by atoms with Gasteiger partial charge in [-0.1, -0.05) is 30.3 Å². The molecule has 2 unspecified atom stereocenters. The van der Waals surface area contributed by atoms with Crippen LogP contribution in [0.5, 0.6) is 0 Å². The highest BCUT2D eigenvalue weighted by Crippen LogP contribution is 2.19. The van der Waals surface area contributed by atoms with Gasteiger partial charge in [-0.3, -0.25) is 9.59 Å². The predicted molar refractivity (Wildman–Crippen MR) is 84.2 cm³/mol. The zero-order valence-corrected chi connectivity index (χ0v) is 13.2. The molecule has 2 rings (SSSR count). The van der Waals surface area contributed by atoms with Crippen LogP contribution in [0.15, 0.2) is 30.3 Å². The van der Waals surface area contributed by atoms with Crippen LogP contribution in [0, 0.1) is 0 Å². The van der Waals surface area contributed by atoms with Crippen LogP contribution in [0.3, 0.4) is 0 Å². The second kappa shape index (κ2) is 7.94. The van der Waals surface area contributed by atoms with E-state index >= 15 is 0 Å². The Kier molecular flexibility index (Phi) is 5.95. The molecule has 1 aromatic rings. The molecule has 0 spiro atoms. The highest BCUT2D eigenvalue weighted by molar-refractivity contribution is 5.84. The quantitative estimate of drug-likeness (QED) is 0.873. The summed E-state index contributed by atoms with van der Waals surface area (Å²) in [6.07, 6.45) is 2.14.